The molecule has 1 aromatic carbocycles. The Balaban J connectivity index is 1.53. The summed E-state index contributed by atoms with van der Waals surface area (Å²) in [4.78, 5) is 41.6. The van der Waals surface area contributed by atoms with Gasteiger partial charge in [-0.05, 0) is 69.9 Å². The number of aromatic nitrogens is 1. The third-order valence-electron chi connectivity index (χ3n) is 6.66. The second kappa shape index (κ2) is 13.3. The van der Waals surface area contributed by atoms with Gasteiger partial charge in [-0.25, -0.2) is 18.2 Å². The number of pyridine rings is 1. The van der Waals surface area contributed by atoms with Gasteiger partial charge in [0.05, 0.1) is 23.6 Å². The van der Waals surface area contributed by atoms with Crippen molar-refractivity contribution in [2.24, 2.45) is 0 Å². The molecule has 0 saturated carbocycles. The van der Waals surface area contributed by atoms with Gasteiger partial charge in [-0.15, -0.1) is 0 Å². The number of hydrogen-bond acceptors (Lipinski definition) is 8. The van der Waals surface area contributed by atoms with E-state index < -0.39 is 59.3 Å². The number of sulfonamides is 1. The highest BCUT2D eigenvalue weighted by Gasteiger charge is 2.36. The van der Waals surface area contributed by atoms with Gasteiger partial charge >= 0.3 is 12.1 Å². The molecule has 1 aliphatic rings. The Kier molecular flexibility index (Phi) is 10.3. The number of carboxylic acids is 1. The number of aryl methyl sites for hydroxylation is 5. The molecule has 2 heterocycles. The molecule has 0 spiro atoms. The molecule has 13 nitrogen and oxygen atoms in total. The lowest BCUT2D eigenvalue weighted by Crippen LogP contribution is -2.49. The molecule has 1 aliphatic heterocycles. The van der Waals surface area contributed by atoms with Crippen molar-refractivity contribution in [2.45, 2.75) is 64.1 Å². The van der Waals surface area contributed by atoms with Crippen molar-refractivity contribution in [3.63, 3.8) is 0 Å². The molecule has 3 rings (SSSR count). The van der Waals surface area contributed by atoms with Crippen molar-refractivity contribution in [3.05, 3.63) is 52.2 Å². The van der Waals surface area contributed by atoms with Crippen LogP contribution >= 0.6 is 0 Å². The number of benzene rings is 1. The van der Waals surface area contributed by atoms with E-state index in [1.165, 1.54) is 4.90 Å². The quantitative estimate of drug-likeness (QED) is 0.243. The van der Waals surface area contributed by atoms with Gasteiger partial charge in [-0.2, -0.15) is 4.72 Å². The molecule has 41 heavy (non-hydrogen) atoms. The van der Waals surface area contributed by atoms with Crippen LogP contribution in [0.5, 0.6) is 0 Å². The molecule has 0 bridgehead atoms. The van der Waals surface area contributed by atoms with E-state index in [1.807, 2.05) is 32.9 Å². The van der Waals surface area contributed by atoms with Gasteiger partial charge in [0.1, 0.15) is 18.5 Å². The zero-order valence-electron chi connectivity index (χ0n) is 23.7. The average Bonchev–Trinajstić information content (AvgIpc) is 3.26. The maximum Gasteiger partial charge on any atom is 0.407 e. The smallest absolute Gasteiger partial charge is 0.407 e. The molecule has 224 valence electrons. The zero-order chi connectivity index (χ0) is 30.5. The third-order valence-corrected chi connectivity index (χ3v) is 8.44. The number of carboxylic acid groups (broad SMARTS) is 2. The molecule has 3 atom stereocenters. The Bertz CT molecular complexity index is 1370. The standard InChI is InChI=1S/C27H37N5O8S/c1-15-6-17(3)25(18(4)7-15)41(38,39)31-22(26(34)35)12-29-24(33)14-40-21-10-20(32(13-21)27(36)37)11-28-23-9-16(2)8-19(5)30-23/h6-9,20-22,31H,10-14H2,1-5H3,(H,28,30)(H,29,33)(H,34,35)(H,36,37). The number of anilines is 1. The number of ether oxygens (including phenoxy) is 1. The fraction of sp³-hybridized carbons (Fsp3) is 0.481. The van der Waals surface area contributed by atoms with Crippen molar-refractivity contribution >= 4 is 33.8 Å². The molecule has 0 radical (unpaired) electrons. The summed E-state index contributed by atoms with van der Waals surface area (Å²) in [6, 6.07) is 5.13. The van der Waals surface area contributed by atoms with Crippen molar-refractivity contribution < 1.29 is 37.8 Å². The maximum atomic E-state index is 13.0. The zero-order valence-corrected chi connectivity index (χ0v) is 24.5. The van der Waals surface area contributed by atoms with Crippen molar-refractivity contribution in [2.75, 3.05) is 31.6 Å². The highest BCUT2D eigenvalue weighted by atomic mass is 32.2. The van der Waals surface area contributed by atoms with Crippen LogP contribution in [0.4, 0.5) is 10.6 Å². The van der Waals surface area contributed by atoms with Gasteiger partial charge in [0.15, 0.2) is 0 Å². The summed E-state index contributed by atoms with van der Waals surface area (Å²) < 4.78 is 33.7. The number of hydrogen-bond donors (Lipinski definition) is 5. The number of rotatable bonds is 12. The van der Waals surface area contributed by atoms with Gasteiger partial charge in [0.25, 0.3) is 0 Å². The lowest BCUT2D eigenvalue weighted by Gasteiger charge is -2.21. The van der Waals surface area contributed by atoms with Crippen molar-refractivity contribution in [3.8, 4) is 0 Å². The van der Waals surface area contributed by atoms with Crippen LogP contribution in [0, 0.1) is 34.6 Å². The van der Waals surface area contributed by atoms with Gasteiger partial charge in [-0.3, -0.25) is 9.59 Å². The molecule has 2 aromatic rings. The van der Waals surface area contributed by atoms with Crippen LogP contribution in [0.2, 0.25) is 0 Å². The predicted octanol–water partition coefficient (Wildman–Crippen LogP) is 1.72. The highest BCUT2D eigenvalue weighted by molar-refractivity contribution is 7.89. The largest absolute Gasteiger partial charge is 0.480 e. The number of nitrogens with zero attached hydrogens (tertiary/aromatic N) is 2. The molecule has 1 fully saturated rings. The Morgan fingerprint density at radius 2 is 1.68 bits per heavy atom. The van der Waals surface area contributed by atoms with E-state index in [1.54, 1.807) is 26.0 Å². The lowest BCUT2D eigenvalue weighted by molar-refractivity contribution is -0.139. The second-order valence-corrected chi connectivity index (χ2v) is 12.0. The van der Waals surface area contributed by atoms with Gasteiger partial charge in [0.2, 0.25) is 15.9 Å². The molecule has 5 N–H and O–H groups in total. The first-order valence-corrected chi connectivity index (χ1v) is 14.5. The first-order chi connectivity index (χ1) is 19.2. The molecular formula is C27H37N5O8S. The summed E-state index contributed by atoms with van der Waals surface area (Å²) >= 11 is 0. The number of amides is 2. The molecular weight excluding hydrogens is 554 g/mol. The van der Waals surface area contributed by atoms with E-state index in [0.29, 0.717) is 29.9 Å². The van der Waals surface area contributed by atoms with E-state index >= 15 is 0 Å². The van der Waals surface area contributed by atoms with Crippen LogP contribution in [0.1, 0.15) is 34.4 Å². The topological polar surface area (TPSA) is 187 Å². The van der Waals surface area contributed by atoms with Crippen LogP contribution in [-0.2, 0) is 24.3 Å². The number of carbonyl (C=O) groups excluding carboxylic acids is 1. The number of nitrogens with one attached hydrogen (secondary N) is 3. The van der Waals surface area contributed by atoms with Gasteiger partial charge in [0, 0.05) is 18.8 Å². The summed E-state index contributed by atoms with van der Waals surface area (Å²) in [5.74, 6) is -1.49. The Labute approximate surface area is 239 Å². The van der Waals surface area contributed by atoms with E-state index in [2.05, 4.69) is 20.3 Å². The minimum atomic E-state index is -4.19. The minimum absolute atomic E-state index is 0.00872. The monoisotopic (exact) mass is 591 g/mol. The summed E-state index contributed by atoms with van der Waals surface area (Å²) in [6.45, 7) is 8.27. The normalized spacial score (nSPS) is 17.7. The summed E-state index contributed by atoms with van der Waals surface area (Å²) in [5, 5.41) is 24.7. The Hall–Kier alpha value is -3.75. The van der Waals surface area contributed by atoms with E-state index in [-0.39, 0.29) is 11.4 Å². The van der Waals surface area contributed by atoms with Crippen LogP contribution in [-0.4, -0.2) is 90.9 Å². The molecule has 2 amide bonds. The second-order valence-electron chi connectivity index (χ2n) is 10.4. The number of aliphatic carboxylic acids is 1. The van der Waals surface area contributed by atoms with Gasteiger partial charge < -0.3 is 30.5 Å². The maximum absolute atomic E-state index is 13.0. The van der Waals surface area contributed by atoms with E-state index in [9.17, 15) is 33.0 Å². The van der Waals surface area contributed by atoms with E-state index in [0.717, 1.165) is 16.8 Å². The third kappa shape index (κ3) is 8.62. The van der Waals surface area contributed by atoms with Crippen molar-refractivity contribution in [1.82, 2.24) is 19.9 Å². The average molecular weight is 592 g/mol. The molecule has 1 aromatic heterocycles. The summed E-state index contributed by atoms with van der Waals surface area (Å²) in [6.07, 6.45) is -1.34. The van der Waals surface area contributed by atoms with Crippen LogP contribution < -0.4 is 15.4 Å². The fourth-order valence-electron chi connectivity index (χ4n) is 5.05. The molecule has 0 aliphatic carbocycles. The predicted molar refractivity (Wildman–Crippen MR) is 150 cm³/mol. The summed E-state index contributed by atoms with van der Waals surface area (Å²) in [5.41, 5.74) is 3.67. The lowest BCUT2D eigenvalue weighted by atomic mass is 10.1. The van der Waals surface area contributed by atoms with Crippen LogP contribution in [0.3, 0.4) is 0 Å². The molecule has 1 saturated heterocycles. The summed E-state index contributed by atoms with van der Waals surface area (Å²) in [7, 11) is -4.19. The minimum Gasteiger partial charge on any atom is -0.480 e. The van der Waals surface area contributed by atoms with Crippen molar-refractivity contribution in [1.29, 1.82) is 0 Å². The van der Waals surface area contributed by atoms with Gasteiger partial charge in [-0.1, -0.05) is 17.7 Å². The van der Waals surface area contributed by atoms with Crippen LogP contribution in [0.25, 0.3) is 0 Å². The Morgan fingerprint density at radius 3 is 2.27 bits per heavy atom. The highest BCUT2D eigenvalue weighted by Crippen LogP contribution is 2.23. The van der Waals surface area contributed by atoms with Crippen LogP contribution in [0.15, 0.2) is 29.2 Å². The molecule has 3 unspecified atom stereocenters. The number of likely N-dealkylation sites (tertiary alicyclic amines) is 1. The first-order valence-electron chi connectivity index (χ1n) is 13.1. The number of carbonyl (C=O) groups is 3. The van der Waals surface area contributed by atoms with E-state index in [4.69, 9.17) is 4.74 Å². The first kappa shape index (κ1) is 31.8. The fourth-order valence-corrected chi connectivity index (χ4v) is 6.70. The molecule has 14 heteroatoms. The SMILES string of the molecule is Cc1cc(C)nc(NCC2CC(OCC(=O)NCC(NS(=O)(=O)c3c(C)cc(C)cc3C)C(=O)O)CN2C(=O)O)c1. The Morgan fingerprint density at radius 1 is 1.05 bits per heavy atom.